The lowest BCUT2D eigenvalue weighted by Crippen LogP contribution is -2.18. The van der Waals surface area contributed by atoms with E-state index >= 15 is 0 Å². The molecule has 0 aliphatic rings. The van der Waals surface area contributed by atoms with E-state index in [1.165, 1.54) is 16.7 Å². The van der Waals surface area contributed by atoms with Gasteiger partial charge in [0.1, 0.15) is 0 Å². The van der Waals surface area contributed by atoms with Crippen LogP contribution in [0.25, 0.3) is 0 Å². The third-order valence-electron chi connectivity index (χ3n) is 3.82. The molecule has 1 unspecified atom stereocenters. The number of nitrogens with zero attached hydrogens (tertiary/aromatic N) is 2. The molecule has 3 heteroatoms. The first-order valence-corrected chi connectivity index (χ1v) is 6.96. The molecule has 0 aliphatic heterocycles. The van der Waals surface area contributed by atoms with Crippen molar-refractivity contribution in [1.29, 1.82) is 0 Å². The Bertz CT molecular complexity index is 569. The van der Waals surface area contributed by atoms with E-state index in [1.807, 2.05) is 4.68 Å². The Balaban J connectivity index is 2.46. The van der Waals surface area contributed by atoms with Crippen LogP contribution in [0.3, 0.4) is 0 Å². The van der Waals surface area contributed by atoms with Crippen LogP contribution in [-0.2, 0) is 13.0 Å². The van der Waals surface area contributed by atoms with Gasteiger partial charge in [0.25, 0.3) is 0 Å². The van der Waals surface area contributed by atoms with Crippen LogP contribution in [-0.4, -0.2) is 9.78 Å². The quantitative estimate of drug-likeness (QED) is 0.914. The fourth-order valence-electron chi connectivity index (χ4n) is 2.43. The van der Waals surface area contributed by atoms with E-state index in [2.05, 4.69) is 57.1 Å². The Morgan fingerprint density at radius 3 is 2.63 bits per heavy atom. The molecule has 102 valence electrons. The zero-order valence-electron chi connectivity index (χ0n) is 12.3. The lowest BCUT2D eigenvalue weighted by Gasteiger charge is -2.17. The minimum atomic E-state index is -0.104. The fraction of sp³-hybridized carbons (Fsp3) is 0.438. The molecule has 2 rings (SSSR count). The summed E-state index contributed by atoms with van der Waals surface area (Å²) < 4.78 is 2.02. The molecule has 1 aromatic carbocycles. The van der Waals surface area contributed by atoms with Gasteiger partial charge >= 0.3 is 0 Å². The highest BCUT2D eigenvalue weighted by Crippen LogP contribution is 2.25. The minimum Gasteiger partial charge on any atom is -0.319 e. The molecule has 1 aromatic heterocycles. The SMILES string of the molecule is CCc1cc(C(N)c2cccc(C)c2C)n(CC)n1. The molecule has 0 aliphatic carbocycles. The largest absolute Gasteiger partial charge is 0.319 e. The number of aromatic nitrogens is 2. The molecule has 0 amide bonds. The first kappa shape index (κ1) is 13.8. The van der Waals surface area contributed by atoms with Gasteiger partial charge in [0.2, 0.25) is 0 Å². The second-order valence-electron chi connectivity index (χ2n) is 5.00. The Morgan fingerprint density at radius 2 is 2.00 bits per heavy atom. The molecule has 1 atom stereocenters. The van der Waals surface area contributed by atoms with Crippen molar-refractivity contribution < 1.29 is 0 Å². The van der Waals surface area contributed by atoms with Crippen LogP contribution in [0.2, 0.25) is 0 Å². The average molecular weight is 257 g/mol. The number of hydrogen-bond donors (Lipinski definition) is 1. The van der Waals surface area contributed by atoms with E-state index in [4.69, 9.17) is 5.73 Å². The first-order valence-electron chi connectivity index (χ1n) is 6.96. The van der Waals surface area contributed by atoms with Gasteiger partial charge in [-0.15, -0.1) is 0 Å². The second-order valence-corrected chi connectivity index (χ2v) is 5.00. The Kier molecular flexibility index (Phi) is 4.05. The van der Waals surface area contributed by atoms with Gasteiger partial charge in [-0.1, -0.05) is 25.1 Å². The molecule has 0 saturated heterocycles. The van der Waals surface area contributed by atoms with Crippen LogP contribution in [0.4, 0.5) is 0 Å². The van der Waals surface area contributed by atoms with Crippen LogP contribution in [0.15, 0.2) is 24.3 Å². The molecule has 2 aromatic rings. The third-order valence-corrected chi connectivity index (χ3v) is 3.82. The summed E-state index contributed by atoms with van der Waals surface area (Å²) in [6.45, 7) is 9.34. The first-order chi connectivity index (χ1) is 9.08. The molecule has 0 saturated carbocycles. The summed E-state index contributed by atoms with van der Waals surface area (Å²) in [6, 6.07) is 8.35. The lowest BCUT2D eigenvalue weighted by atomic mass is 9.96. The van der Waals surface area contributed by atoms with E-state index in [9.17, 15) is 0 Å². The molecule has 2 N–H and O–H groups in total. The van der Waals surface area contributed by atoms with Crippen molar-refractivity contribution >= 4 is 0 Å². The maximum Gasteiger partial charge on any atom is 0.0726 e. The van der Waals surface area contributed by atoms with Gasteiger partial charge in [-0.2, -0.15) is 5.10 Å². The van der Waals surface area contributed by atoms with Gasteiger partial charge in [-0.3, -0.25) is 4.68 Å². The topological polar surface area (TPSA) is 43.8 Å². The van der Waals surface area contributed by atoms with Crippen LogP contribution in [0.1, 0.15) is 48.0 Å². The van der Waals surface area contributed by atoms with Crippen LogP contribution in [0.5, 0.6) is 0 Å². The molecule has 3 nitrogen and oxygen atoms in total. The smallest absolute Gasteiger partial charge is 0.0726 e. The van der Waals surface area contributed by atoms with E-state index in [0.717, 1.165) is 24.4 Å². The molecule has 0 radical (unpaired) electrons. The summed E-state index contributed by atoms with van der Waals surface area (Å²) in [5.74, 6) is 0. The maximum atomic E-state index is 6.47. The summed E-state index contributed by atoms with van der Waals surface area (Å²) in [5, 5.41) is 4.58. The van der Waals surface area contributed by atoms with Crippen LogP contribution >= 0.6 is 0 Å². The molecular formula is C16H23N3. The van der Waals surface area contributed by atoms with E-state index in [0.29, 0.717) is 0 Å². The highest BCUT2D eigenvalue weighted by molar-refractivity contribution is 5.39. The summed E-state index contributed by atoms with van der Waals surface area (Å²) in [5.41, 5.74) is 12.4. The Hall–Kier alpha value is -1.61. The van der Waals surface area contributed by atoms with E-state index in [1.54, 1.807) is 0 Å². The number of rotatable bonds is 4. The van der Waals surface area contributed by atoms with Crippen molar-refractivity contribution in [3.8, 4) is 0 Å². The molecule has 0 spiro atoms. The van der Waals surface area contributed by atoms with Crippen molar-refractivity contribution in [2.75, 3.05) is 0 Å². The van der Waals surface area contributed by atoms with E-state index in [-0.39, 0.29) is 6.04 Å². The highest BCUT2D eigenvalue weighted by atomic mass is 15.3. The molecule has 19 heavy (non-hydrogen) atoms. The minimum absolute atomic E-state index is 0.104. The van der Waals surface area contributed by atoms with Gasteiger partial charge in [0.05, 0.1) is 17.4 Å². The zero-order valence-corrected chi connectivity index (χ0v) is 12.3. The predicted molar refractivity (Wildman–Crippen MR) is 79.2 cm³/mol. The fourth-order valence-corrected chi connectivity index (χ4v) is 2.43. The van der Waals surface area contributed by atoms with E-state index < -0.39 is 0 Å². The number of nitrogens with two attached hydrogens (primary N) is 1. The van der Waals surface area contributed by atoms with Crippen molar-refractivity contribution in [3.63, 3.8) is 0 Å². The second kappa shape index (κ2) is 5.57. The van der Waals surface area contributed by atoms with Gasteiger partial charge in [0, 0.05) is 6.54 Å². The Morgan fingerprint density at radius 1 is 1.26 bits per heavy atom. The molecule has 1 heterocycles. The number of hydrogen-bond acceptors (Lipinski definition) is 2. The van der Waals surface area contributed by atoms with Gasteiger partial charge in [-0.05, 0) is 49.9 Å². The third kappa shape index (κ3) is 2.56. The van der Waals surface area contributed by atoms with Gasteiger partial charge in [0.15, 0.2) is 0 Å². The average Bonchev–Trinajstić information content (AvgIpc) is 2.84. The number of aryl methyl sites for hydroxylation is 3. The zero-order chi connectivity index (χ0) is 14.0. The summed E-state index contributed by atoms with van der Waals surface area (Å²) in [4.78, 5) is 0. The Labute approximate surface area is 115 Å². The lowest BCUT2D eigenvalue weighted by molar-refractivity contribution is 0.594. The van der Waals surface area contributed by atoms with Crippen molar-refractivity contribution in [2.24, 2.45) is 5.73 Å². The van der Waals surface area contributed by atoms with Crippen LogP contribution in [0, 0.1) is 13.8 Å². The van der Waals surface area contributed by atoms with Gasteiger partial charge in [-0.25, -0.2) is 0 Å². The summed E-state index contributed by atoms with van der Waals surface area (Å²) in [6.07, 6.45) is 0.944. The molecule has 0 bridgehead atoms. The standard InChI is InChI=1S/C16H23N3/c1-5-13-10-15(19(6-2)18-13)16(17)14-9-7-8-11(3)12(14)4/h7-10,16H,5-6,17H2,1-4H3. The highest BCUT2D eigenvalue weighted by Gasteiger charge is 2.17. The predicted octanol–water partition coefficient (Wildman–Crippen LogP) is 3.13. The van der Waals surface area contributed by atoms with Crippen LogP contribution < -0.4 is 5.73 Å². The number of benzene rings is 1. The van der Waals surface area contributed by atoms with Gasteiger partial charge < -0.3 is 5.73 Å². The molecule has 0 fully saturated rings. The summed E-state index contributed by atoms with van der Waals surface area (Å²) in [7, 11) is 0. The van der Waals surface area contributed by atoms with Crippen molar-refractivity contribution in [3.05, 3.63) is 52.3 Å². The van der Waals surface area contributed by atoms with Crippen molar-refractivity contribution in [2.45, 2.75) is 46.7 Å². The van der Waals surface area contributed by atoms with Crippen molar-refractivity contribution in [1.82, 2.24) is 9.78 Å². The monoisotopic (exact) mass is 257 g/mol. The maximum absolute atomic E-state index is 6.47. The normalized spacial score (nSPS) is 12.7. The summed E-state index contributed by atoms with van der Waals surface area (Å²) >= 11 is 0. The molecular weight excluding hydrogens is 234 g/mol.